The second-order valence-electron chi connectivity index (χ2n) is 8.64. The Morgan fingerprint density at radius 3 is 2.59 bits per heavy atom. The predicted octanol–water partition coefficient (Wildman–Crippen LogP) is 4.38. The summed E-state index contributed by atoms with van der Waals surface area (Å²) in [5, 5.41) is 0.571. The maximum atomic E-state index is 13.9. The molecule has 1 aliphatic rings. The number of benzene rings is 2. The number of methoxy groups -OCH3 is 1. The Balaban J connectivity index is 1.91. The topological polar surface area (TPSA) is 73.1 Å². The largest absolute Gasteiger partial charge is 0.493 e. The van der Waals surface area contributed by atoms with Crippen molar-refractivity contribution >= 4 is 57.5 Å². The van der Waals surface area contributed by atoms with E-state index in [1.165, 1.54) is 11.3 Å². The molecule has 0 N–H and O–H groups in total. The van der Waals surface area contributed by atoms with Crippen molar-refractivity contribution in [1.82, 2.24) is 9.47 Å². The Hall–Kier alpha value is -3.07. The highest BCUT2D eigenvalue weighted by atomic mass is 127. The minimum Gasteiger partial charge on any atom is -0.493 e. The van der Waals surface area contributed by atoms with Crippen LogP contribution in [-0.2, 0) is 4.79 Å². The van der Waals surface area contributed by atoms with Crippen LogP contribution in [0.25, 0.3) is 6.08 Å². The molecule has 1 aromatic heterocycles. The summed E-state index contributed by atoms with van der Waals surface area (Å²) < 4.78 is 14.0. The third-order valence-corrected chi connectivity index (χ3v) is 8.37. The van der Waals surface area contributed by atoms with Crippen LogP contribution >= 0.6 is 45.5 Å². The molecule has 0 aliphatic carbocycles. The van der Waals surface area contributed by atoms with Gasteiger partial charge in [0.05, 0.1) is 32.5 Å². The lowest BCUT2D eigenvalue weighted by molar-refractivity contribution is -0.127. The molecular weight excluding hydrogens is 649 g/mol. The molecule has 0 saturated heterocycles. The molecule has 3 aromatic rings. The van der Waals surface area contributed by atoms with E-state index in [4.69, 9.17) is 32.5 Å². The van der Waals surface area contributed by atoms with Crippen LogP contribution in [0.3, 0.4) is 0 Å². The summed E-state index contributed by atoms with van der Waals surface area (Å²) >= 11 is 9.59. The SMILES string of the molecule is C#CCOc1c(I)cc(/C=c2/sc3n(c2=O)[C@H](c2ccc(Cl)cc2)C(C(=O)N(CC)CC)=C(C)N=3)cc1OC. The molecule has 202 valence electrons. The first-order valence-corrected chi connectivity index (χ1v) is 14.5. The number of thiazole rings is 1. The van der Waals surface area contributed by atoms with Gasteiger partial charge in [-0.05, 0) is 84.8 Å². The summed E-state index contributed by atoms with van der Waals surface area (Å²) in [5.41, 5.74) is 2.37. The van der Waals surface area contributed by atoms with E-state index < -0.39 is 6.04 Å². The maximum Gasteiger partial charge on any atom is 0.271 e. The summed E-state index contributed by atoms with van der Waals surface area (Å²) in [5.74, 6) is 3.37. The van der Waals surface area contributed by atoms with Crippen LogP contribution in [0.15, 0.2) is 57.5 Å². The van der Waals surface area contributed by atoms with Gasteiger partial charge in [0.2, 0.25) is 0 Å². The fourth-order valence-electron chi connectivity index (χ4n) is 4.47. The number of hydrogen-bond donors (Lipinski definition) is 0. The van der Waals surface area contributed by atoms with Crippen LogP contribution in [0.5, 0.6) is 11.5 Å². The van der Waals surface area contributed by atoms with E-state index in [1.54, 1.807) is 40.9 Å². The molecule has 7 nitrogen and oxygen atoms in total. The van der Waals surface area contributed by atoms with Gasteiger partial charge in [-0.2, -0.15) is 0 Å². The Morgan fingerprint density at radius 2 is 1.97 bits per heavy atom. The number of ether oxygens (including phenoxy) is 2. The number of halogens is 2. The lowest BCUT2D eigenvalue weighted by Gasteiger charge is -2.29. The summed E-state index contributed by atoms with van der Waals surface area (Å²) in [4.78, 5) is 34.6. The number of hydrogen-bond acceptors (Lipinski definition) is 6. The molecule has 39 heavy (non-hydrogen) atoms. The molecule has 0 spiro atoms. The van der Waals surface area contributed by atoms with Crippen LogP contribution in [0.1, 0.15) is 37.9 Å². The number of carbonyl (C=O) groups excluding carboxylic acids is 1. The average Bonchev–Trinajstić information content (AvgIpc) is 3.22. The van der Waals surface area contributed by atoms with Crippen LogP contribution in [-0.4, -0.2) is 42.2 Å². The van der Waals surface area contributed by atoms with Gasteiger partial charge in [-0.1, -0.05) is 41.0 Å². The van der Waals surface area contributed by atoms with Crippen molar-refractivity contribution in [2.75, 3.05) is 26.8 Å². The summed E-state index contributed by atoms with van der Waals surface area (Å²) in [6, 6.07) is 10.3. The van der Waals surface area contributed by atoms with Gasteiger partial charge in [-0.25, -0.2) is 4.99 Å². The fourth-order valence-corrected chi connectivity index (χ4v) is 6.42. The van der Waals surface area contributed by atoms with Gasteiger partial charge in [0, 0.05) is 18.1 Å². The first kappa shape index (κ1) is 28.9. The van der Waals surface area contributed by atoms with Gasteiger partial charge < -0.3 is 14.4 Å². The highest BCUT2D eigenvalue weighted by Crippen LogP contribution is 2.34. The molecule has 1 aliphatic heterocycles. The second kappa shape index (κ2) is 12.4. The number of nitrogens with zero attached hydrogens (tertiary/aromatic N) is 3. The zero-order valence-electron chi connectivity index (χ0n) is 22.0. The molecule has 0 radical (unpaired) electrons. The molecule has 0 unspecified atom stereocenters. The van der Waals surface area contributed by atoms with Gasteiger partial charge in [-0.3, -0.25) is 14.2 Å². The van der Waals surface area contributed by atoms with Crippen molar-refractivity contribution in [2.45, 2.75) is 26.8 Å². The average molecular weight is 676 g/mol. The minimum atomic E-state index is -0.636. The van der Waals surface area contributed by atoms with Gasteiger partial charge in [0.15, 0.2) is 16.3 Å². The number of likely N-dealkylation sites (N-methyl/N-ethyl adjacent to an activating group) is 1. The Kier molecular flexibility index (Phi) is 9.20. The molecule has 1 atom stereocenters. The molecule has 1 amide bonds. The third kappa shape index (κ3) is 5.78. The molecule has 0 bridgehead atoms. The smallest absolute Gasteiger partial charge is 0.271 e. The van der Waals surface area contributed by atoms with Gasteiger partial charge >= 0.3 is 0 Å². The number of terminal acetylenes is 1. The molecule has 2 aromatic carbocycles. The zero-order chi connectivity index (χ0) is 28.3. The normalized spacial score (nSPS) is 14.9. The van der Waals surface area contributed by atoms with Crippen LogP contribution in [0, 0.1) is 15.9 Å². The number of amides is 1. The number of allylic oxidation sites excluding steroid dienone is 1. The van der Waals surface area contributed by atoms with Crippen LogP contribution in [0.2, 0.25) is 5.02 Å². The van der Waals surface area contributed by atoms with Crippen LogP contribution < -0.4 is 24.4 Å². The van der Waals surface area contributed by atoms with Crippen LogP contribution in [0.4, 0.5) is 0 Å². The first-order valence-electron chi connectivity index (χ1n) is 12.2. The Morgan fingerprint density at radius 1 is 1.28 bits per heavy atom. The quantitative estimate of drug-likeness (QED) is 0.263. The molecule has 0 fully saturated rings. The minimum absolute atomic E-state index is 0.114. The van der Waals surface area contributed by atoms with E-state index >= 15 is 0 Å². The Labute approximate surface area is 249 Å². The standard InChI is InChI=1S/C29H27ClIN3O4S/c1-6-13-38-26-21(31)14-18(15-22(26)37-5)16-23-27(35)34-25(19-9-11-20(30)12-10-19)24(17(4)32-29(34)39-23)28(36)33(7-2)8-3/h1,9-12,14-16,25H,7-8,13H2,2-5H3/b23-16+/t25-/m1/s1. The van der Waals surface area contributed by atoms with Crippen molar-refractivity contribution in [3.05, 3.63) is 87.1 Å². The maximum absolute atomic E-state index is 13.9. The van der Waals surface area contributed by atoms with Gasteiger partial charge in [-0.15, -0.1) is 6.42 Å². The highest BCUT2D eigenvalue weighted by molar-refractivity contribution is 14.1. The van der Waals surface area contributed by atoms with E-state index in [0.717, 1.165) is 14.7 Å². The van der Waals surface area contributed by atoms with Gasteiger partial charge in [0.1, 0.15) is 6.61 Å². The van der Waals surface area contributed by atoms with Crippen molar-refractivity contribution in [3.63, 3.8) is 0 Å². The van der Waals surface area contributed by atoms with Gasteiger partial charge in [0.25, 0.3) is 11.5 Å². The predicted molar refractivity (Wildman–Crippen MR) is 163 cm³/mol. The molecule has 0 saturated carbocycles. The lowest BCUT2D eigenvalue weighted by atomic mass is 9.94. The molecular formula is C29H27ClIN3O4S. The summed E-state index contributed by atoms with van der Waals surface area (Å²) in [7, 11) is 1.55. The third-order valence-electron chi connectivity index (χ3n) is 6.34. The number of fused-ring (bicyclic) bond motifs is 1. The number of aromatic nitrogens is 1. The van der Waals surface area contributed by atoms with E-state index in [2.05, 4.69) is 28.5 Å². The number of carbonyl (C=O) groups is 1. The second-order valence-corrected chi connectivity index (χ2v) is 11.2. The molecule has 10 heteroatoms. The molecule has 2 heterocycles. The van der Waals surface area contributed by atoms with E-state index in [0.29, 0.717) is 50.2 Å². The van der Waals surface area contributed by atoms with Crippen molar-refractivity contribution in [3.8, 4) is 23.8 Å². The lowest BCUT2D eigenvalue weighted by Crippen LogP contribution is -2.43. The first-order chi connectivity index (χ1) is 18.7. The monoisotopic (exact) mass is 675 g/mol. The number of rotatable bonds is 8. The van der Waals surface area contributed by atoms with Crippen molar-refractivity contribution in [2.24, 2.45) is 4.99 Å². The Bertz CT molecular complexity index is 1660. The highest BCUT2D eigenvalue weighted by Gasteiger charge is 2.34. The van der Waals surface area contributed by atoms with E-state index in [-0.39, 0.29) is 18.1 Å². The summed E-state index contributed by atoms with van der Waals surface area (Å²) in [6.07, 6.45) is 7.14. The van der Waals surface area contributed by atoms with Crippen molar-refractivity contribution in [1.29, 1.82) is 0 Å². The fraction of sp³-hybridized carbons (Fsp3) is 0.276. The van der Waals surface area contributed by atoms with E-state index in [9.17, 15) is 9.59 Å². The summed E-state index contributed by atoms with van der Waals surface area (Å²) in [6.45, 7) is 6.89. The van der Waals surface area contributed by atoms with Crippen molar-refractivity contribution < 1.29 is 14.3 Å². The van der Waals surface area contributed by atoms with E-state index in [1.807, 2.05) is 39.0 Å². The zero-order valence-corrected chi connectivity index (χ0v) is 25.7. The molecule has 4 rings (SSSR count).